The van der Waals surface area contributed by atoms with Crippen molar-refractivity contribution in [3.05, 3.63) is 29.7 Å². The largest absolute Gasteiger partial charge is 0.357 e. The van der Waals surface area contributed by atoms with Gasteiger partial charge in [0, 0.05) is 19.1 Å². The van der Waals surface area contributed by atoms with Crippen molar-refractivity contribution in [2.24, 2.45) is 0 Å². The molecule has 1 aliphatic rings. The highest BCUT2D eigenvalue weighted by Crippen LogP contribution is 2.23. The van der Waals surface area contributed by atoms with Crippen molar-refractivity contribution in [2.75, 3.05) is 28.6 Å². The Morgan fingerprint density at radius 2 is 1.85 bits per heavy atom. The Bertz CT molecular complexity index is 759. The van der Waals surface area contributed by atoms with E-state index in [2.05, 4.69) is 39.5 Å². The van der Waals surface area contributed by atoms with Gasteiger partial charge in [0.2, 0.25) is 0 Å². The van der Waals surface area contributed by atoms with Crippen LogP contribution in [0.4, 0.5) is 22.0 Å². The first-order valence-corrected chi connectivity index (χ1v) is 9.30. The number of piperidine rings is 1. The van der Waals surface area contributed by atoms with Crippen LogP contribution in [0.15, 0.2) is 18.3 Å². The minimum absolute atomic E-state index is 0.249. The molecule has 1 saturated heterocycles. The molecule has 2 aromatic rings. The highest BCUT2D eigenvalue weighted by atomic mass is 16.2. The summed E-state index contributed by atoms with van der Waals surface area (Å²) < 4.78 is 1.92. The molecule has 0 radical (unpaired) electrons. The van der Waals surface area contributed by atoms with Crippen LogP contribution in [-0.2, 0) is 0 Å². The number of hydrogen-bond donors (Lipinski definition) is 2. The average Bonchev–Trinajstić information content (AvgIpc) is 2.91. The van der Waals surface area contributed by atoms with Crippen molar-refractivity contribution in [3.8, 4) is 0 Å². The summed E-state index contributed by atoms with van der Waals surface area (Å²) in [5.74, 6) is 0.973. The summed E-state index contributed by atoms with van der Waals surface area (Å²) in [6, 6.07) is 3.83. The molecule has 7 nitrogen and oxygen atoms in total. The number of urea groups is 1. The number of amides is 2. The molecule has 0 bridgehead atoms. The molecule has 2 amide bonds. The van der Waals surface area contributed by atoms with Crippen molar-refractivity contribution in [1.82, 2.24) is 14.8 Å². The van der Waals surface area contributed by atoms with Gasteiger partial charge in [0.05, 0.1) is 29.0 Å². The van der Waals surface area contributed by atoms with E-state index in [-0.39, 0.29) is 12.1 Å². The quantitative estimate of drug-likeness (QED) is 0.864. The number of rotatable bonds is 4. The molecule has 140 valence electrons. The molecule has 0 unspecified atom stereocenters. The van der Waals surface area contributed by atoms with Crippen LogP contribution in [0, 0.1) is 13.8 Å². The Morgan fingerprint density at radius 3 is 2.42 bits per heavy atom. The minimum Gasteiger partial charge on any atom is -0.357 e. The molecule has 0 saturated carbocycles. The zero-order valence-corrected chi connectivity index (χ0v) is 16.0. The van der Waals surface area contributed by atoms with Crippen molar-refractivity contribution in [1.29, 1.82) is 0 Å². The summed E-state index contributed by atoms with van der Waals surface area (Å²) >= 11 is 0. The van der Waals surface area contributed by atoms with Crippen molar-refractivity contribution in [2.45, 2.75) is 53.0 Å². The van der Waals surface area contributed by atoms with Crippen molar-refractivity contribution in [3.63, 3.8) is 0 Å². The van der Waals surface area contributed by atoms with Gasteiger partial charge in [-0.25, -0.2) is 9.78 Å². The molecular weight excluding hydrogens is 328 g/mol. The summed E-state index contributed by atoms with van der Waals surface area (Å²) in [6.45, 7) is 10.1. The first-order chi connectivity index (χ1) is 12.5. The number of anilines is 3. The molecule has 7 heteroatoms. The Morgan fingerprint density at radius 1 is 1.12 bits per heavy atom. The second-order valence-electron chi connectivity index (χ2n) is 7.12. The van der Waals surface area contributed by atoms with Crippen LogP contribution >= 0.6 is 0 Å². The monoisotopic (exact) mass is 356 g/mol. The molecule has 3 heterocycles. The number of nitrogens with zero attached hydrogens (tertiary/aromatic N) is 4. The Labute approximate surface area is 154 Å². The molecule has 0 aromatic carbocycles. The Kier molecular flexibility index (Phi) is 5.44. The number of nitrogens with one attached hydrogen (secondary N) is 2. The normalized spacial score (nSPS) is 14.6. The van der Waals surface area contributed by atoms with Crippen LogP contribution in [0.5, 0.6) is 0 Å². The van der Waals surface area contributed by atoms with Gasteiger partial charge in [0.1, 0.15) is 5.82 Å². The van der Waals surface area contributed by atoms with Crippen LogP contribution in [0.3, 0.4) is 0 Å². The second-order valence-corrected chi connectivity index (χ2v) is 7.12. The lowest BCUT2D eigenvalue weighted by molar-refractivity contribution is 0.262. The lowest BCUT2D eigenvalue weighted by atomic mass is 10.1. The summed E-state index contributed by atoms with van der Waals surface area (Å²) in [5.41, 5.74) is 3.19. The number of carbonyl (C=O) groups is 1. The number of pyridine rings is 1. The number of hydrogen-bond acceptors (Lipinski definition) is 4. The van der Waals surface area contributed by atoms with E-state index >= 15 is 0 Å². The maximum atomic E-state index is 12.4. The highest BCUT2D eigenvalue weighted by Gasteiger charge is 2.16. The minimum atomic E-state index is -0.285. The molecule has 1 aliphatic heterocycles. The predicted octanol–water partition coefficient (Wildman–Crippen LogP) is 4.11. The molecule has 0 atom stereocenters. The van der Waals surface area contributed by atoms with Crippen LogP contribution in [0.2, 0.25) is 0 Å². The fraction of sp³-hybridized carbons (Fsp3) is 0.526. The summed E-state index contributed by atoms with van der Waals surface area (Å²) in [5, 5.41) is 10.2. The smallest absolute Gasteiger partial charge is 0.323 e. The van der Waals surface area contributed by atoms with E-state index in [1.807, 2.05) is 30.7 Å². The maximum absolute atomic E-state index is 12.4. The number of aryl methyl sites for hydroxylation is 1. The van der Waals surface area contributed by atoms with Gasteiger partial charge in [-0.3, -0.25) is 4.68 Å². The van der Waals surface area contributed by atoms with E-state index in [0.29, 0.717) is 5.69 Å². The molecule has 3 rings (SSSR count). The van der Waals surface area contributed by atoms with E-state index in [0.717, 1.165) is 36.0 Å². The molecule has 26 heavy (non-hydrogen) atoms. The third kappa shape index (κ3) is 3.98. The Hall–Kier alpha value is -2.57. The van der Waals surface area contributed by atoms with Gasteiger partial charge >= 0.3 is 6.03 Å². The fourth-order valence-corrected chi connectivity index (χ4v) is 3.39. The van der Waals surface area contributed by atoms with E-state index in [1.54, 1.807) is 6.20 Å². The highest BCUT2D eigenvalue weighted by molar-refractivity contribution is 6.00. The standard InChI is InChI=1S/C19H28N6O/c1-13(2)25-15(4)18(14(3)23-25)22-19(26)21-16-8-9-17(20-12-16)24-10-6-5-7-11-24/h8-9,12-13H,5-7,10-11H2,1-4H3,(H2,21,22,26). The summed E-state index contributed by atoms with van der Waals surface area (Å²) in [6.07, 6.45) is 5.43. The average molecular weight is 356 g/mol. The number of aromatic nitrogens is 3. The number of carbonyl (C=O) groups excluding carboxylic acids is 1. The zero-order valence-electron chi connectivity index (χ0n) is 16.0. The maximum Gasteiger partial charge on any atom is 0.323 e. The van der Waals surface area contributed by atoms with Gasteiger partial charge in [-0.2, -0.15) is 5.10 Å². The third-order valence-electron chi connectivity index (χ3n) is 4.74. The topological polar surface area (TPSA) is 75.1 Å². The van der Waals surface area contributed by atoms with E-state index in [9.17, 15) is 4.79 Å². The second kappa shape index (κ2) is 7.76. The van der Waals surface area contributed by atoms with E-state index < -0.39 is 0 Å². The SMILES string of the molecule is Cc1nn(C(C)C)c(C)c1NC(=O)Nc1ccc(N2CCCCC2)nc1. The van der Waals surface area contributed by atoms with Crippen LogP contribution in [0.25, 0.3) is 0 Å². The van der Waals surface area contributed by atoms with E-state index in [4.69, 9.17) is 0 Å². The summed E-state index contributed by atoms with van der Waals surface area (Å²) in [7, 11) is 0. The first kappa shape index (κ1) is 18.2. The predicted molar refractivity (Wildman–Crippen MR) is 105 cm³/mol. The fourth-order valence-electron chi connectivity index (χ4n) is 3.39. The third-order valence-corrected chi connectivity index (χ3v) is 4.74. The molecule has 1 fully saturated rings. The van der Waals surface area contributed by atoms with E-state index in [1.165, 1.54) is 19.3 Å². The van der Waals surface area contributed by atoms with Gasteiger partial charge in [-0.05, 0) is 59.1 Å². The van der Waals surface area contributed by atoms with Crippen molar-refractivity contribution < 1.29 is 4.79 Å². The van der Waals surface area contributed by atoms with Gasteiger partial charge < -0.3 is 15.5 Å². The molecule has 0 spiro atoms. The molecule has 2 aromatic heterocycles. The first-order valence-electron chi connectivity index (χ1n) is 9.30. The van der Waals surface area contributed by atoms with Crippen LogP contribution < -0.4 is 15.5 Å². The van der Waals surface area contributed by atoms with Gasteiger partial charge in [-0.1, -0.05) is 0 Å². The van der Waals surface area contributed by atoms with Gasteiger partial charge in [0.25, 0.3) is 0 Å². The lowest BCUT2D eigenvalue weighted by Gasteiger charge is -2.27. The molecular formula is C19H28N6O. The van der Waals surface area contributed by atoms with Crippen molar-refractivity contribution >= 4 is 23.2 Å². The zero-order chi connectivity index (χ0) is 18.7. The van der Waals surface area contributed by atoms with Gasteiger partial charge in [-0.15, -0.1) is 0 Å². The molecule has 0 aliphatic carbocycles. The Balaban J connectivity index is 1.63. The van der Waals surface area contributed by atoms with Gasteiger partial charge in [0.15, 0.2) is 0 Å². The van der Waals surface area contributed by atoms with Crippen LogP contribution in [-0.4, -0.2) is 33.9 Å². The lowest BCUT2D eigenvalue weighted by Crippen LogP contribution is -2.30. The summed E-state index contributed by atoms with van der Waals surface area (Å²) in [4.78, 5) is 19.1. The molecule has 2 N–H and O–H groups in total. The van der Waals surface area contributed by atoms with Crippen LogP contribution in [0.1, 0.15) is 50.5 Å².